The lowest BCUT2D eigenvalue weighted by atomic mass is 9.79. The molecule has 1 saturated carbocycles. The van der Waals surface area contributed by atoms with Crippen molar-refractivity contribution in [3.05, 3.63) is 24.0 Å². The maximum atomic E-state index is 13.0. The van der Waals surface area contributed by atoms with Gasteiger partial charge in [-0.05, 0) is 37.7 Å². The van der Waals surface area contributed by atoms with Crippen LogP contribution in [-0.2, 0) is 25.4 Å². The molecule has 1 saturated heterocycles. The lowest BCUT2D eigenvalue weighted by molar-refractivity contribution is -0.229. The van der Waals surface area contributed by atoms with E-state index >= 15 is 0 Å². The van der Waals surface area contributed by atoms with Crippen molar-refractivity contribution in [3.8, 4) is 5.75 Å². The summed E-state index contributed by atoms with van der Waals surface area (Å²) < 4.78 is 22.4. The molecule has 1 aliphatic heterocycles. The summed E-state index contributed by atoms with van der Waals surface area (Å²) in [6, 6.07) is 3.57. The van der Waals surface area contributed by atoms with Crippen LogP contribution in [0.3, 0.4) is 0 Å². The molecule has 8 heteroatoms. The Labute approximate surface area is 178 Å². The molecule has 1 aromatic rings. The van der Waals surface area contributed by atoms with Gasteiger partial charge in [0.1, 0.15) is 19.3 Å². The highest BCUT2D eigenvalue weighted by Gasteiger charge is 2.61. The number of aromatic nitrogens is 1. The second-order valence-corrected chi connectivity index (χ2v) is 8.36. The second kappa shape index (κ2) is 10.1. The molecule has 0 unspecified atom stereocenters. The van der Waals surface area contributed by atoms with Crippen LogP contribution in [0.1, 0.15) is 38.3 Å². The number of carbonyl (C=O) groups excluding carboxylic acids is 1. The van der Waals surface area contributed by atoms with Gasteiger partial charge < -0.3 is 23.8 Å². The first-order valence-electron chi connectivity index (χ1n) is 10.2. The van der Waals surface area contributed by atoms with Crippen molar-refractivity contribution in [2.24, 2.45) is 5.92 Å². The largest absolute Gasteiger partial charge is 0.490 e. The number of hydrogen-bond acceptors (Lipinski definition) is 7. The van der Waals surface area contributed by atoms with E-state index in [1.165, 1.54) is 20.0 Å². The van der Waals surface area contributed by atoms with Gasteiger partial charge in [-0.2, -0.15) is 12.6 Å². The number of ether oxygens (including phenoxy) is 4. The molecule has 2 atom stereocenters. The van der Waals surface area contributed by atoms with E-state index in [1.807, 2.05) is 12.1 Å². The number of β-lactam (4-membered cyclic amide) rings is 1. The molecule has 29 heavy (non-hydrogen) atoms. The Morgan fingerprint density at radius 2 is 2.00 bits per heavy atom. The molecule has 1 aliphatic carbocycles. The molecule has 2 heterocycles. The summed E-state index contributed by atoms with van der Waals surface area (Å²) >= 11 is 4.44. The minimum absolute atomic E-state index is 0.0211. The number of carbonyl (C=O) groups is 1. The van der Waals surface area contributed by atoms with E-state index in [2.05, 4.69) is 24.5 Å². The zero-order valence-corrected chi connectivity index (χ0v) is 18.4. The fraction of sp³-hybridized carbons (Fsp3) is 0.714. The number of hydrogen-bond donors (Lipinski definition) is 1. The van der Waals surface area contributed by atoms with E-state index in [1.54, 1.807) is 18.2 Å². The highest BCUT2D eigenvalue weighted by Crippen LogP contribution is 2.38. The highest BCUT2D eigenvalue weighted by atomic mass is 32.1. The predicted molar refractivity (Wildman–Crippen MR) is 112 cm³/mol. The molecule has 2 fully saturated rings. The molecule has 0 N–H and O–H groups in total. The van der Waals surface area contributed by atoms with E-state index in [0.717, 1.165) is 30.2 Å². The Bertz CT molecular complexity index is 683. The topological polar surface area (TPSA) is 70.1 Å². The Morgan fingerprint density at radius 1 is 1.24 bits per heavy atom. The normalized spacial score (nSPS) is 29.6. The number of rotatable bonds is 10. The van der Waals surface area contributed by atoms with Crippen LogP contribution in [0.15, 0.2) is 18.3 Å². The van der Waals surface area contributed by atoms with E-state index in [9.17, 15) is 4.79 Å². The van der Waals surface area contributed by atoms with E-state index in [-0.39, 0.29) is 31.6 Å². The lowest BCUT2D eigenvalue weighted by Gasteiger charge is -2.54. The molecule has 1 amide bonds. The molecule has 0 bridgehead atoms. The Hall–Kier alpha value is -1.35. The first kappa shape index (κ1) is 22.3. The standard InChI is InChI=1S/C21H32N2O5S/c1-15-4-6-17(7-5-15)28-18-8-9-22-16(10-18)11-21(27-14-26-3)19(12-29)23(13-25-2)20(21)24/h8-10,15,17,19,29H,4-7,11-14H2,1-3H3/t15?,17?,19-,21-/m0/s1. The molecule has 0 radical (unpaired) electrons. The summed E-state index contributed by atoms with van der Waals surface area (Å²) in [6.07, 6.45) is 6.85. The number of pyridine rings is 1. The third-order valence-corrected chi connectivity index (χ3v) is 6.26. The molecule has 162 valence electrons. The summed E-state index contributed by atoms with van der Waals surface area (Å²) in [5.41, 5.74) is -0.303. The van der Waals surface area contributed by atoms with Crippen LogP contribution in [0, 0.1) is 5.92 Å². The molecule has 0 spiro atoms. The van der Waals surface area contributed by atoms with Gasteiger partial charge in [-0.15, -0.1) is 0 Å². The van der Waals surface area contributed by atoms with Crippen molar-refractivity contribution in [2.75, 3.05) is 33.5 Å². The van der Waals surface area contributed by atoms with Gasteiger partial charge in [-0.3, -0.25) is 9.78 Å². The van der Waals surface area contributed by atoms with Gasteiger partial charge in [0.15, 0.2) is 5.60 Å². The minimum Gasteiger partial charge on any atom is -0.490 e. The van der Waals surface area contributed by atoms with Gasteiger partial charge in [0.2, 0.25) is 0 Å². The van der Waals surface area contributed by atoms with Crippen molar-refractivity contribution in [3.63, 3.8) is 0 Å². The Morgan fingerprint density at radius 3 is 2.66 bits per heavy atom. The van der Waals surface area contributed by atoms with Gasteiger partial charge in [0, 0.05) is 44.4 Å². The van der Waals surface area contributed by atoms with Crippen LogP contribution >= 0.6 is 12.6 Å². The van der Waals surface area contributed by atoms with Crippen molar-refractivity contribution in [1.82, 2.24) is 9.88 Å². The monoisotopic (exact) mass is 424 g/mol. The van der Waals surface area contributed by atoms with Crippen molar-refractivity contribution in [1.29, 1.82) is 0 Å². The fourth-order valence-corrected chi connectivity index (χ4v) is 4.74. The zero-order valence-electron chi connectivity index (χ0n) is 17.5. The minimum atomic E-state index is -1.05. The van der Waals surface area contributed by atoms with Crippen LogP contribution in [-0.4, -0.2) is 67.0 Å². The maximum absolute atomic E-state index is 13.0. The summed E-state index contributed by atoms with van der Waals surface area (Å²) in [5.74, 6) is 1.89. The first-order chi connectivity index (χ1) is 14.0. The molecular weight excluding hydrogens is 392 g/mol. The quantitative estimate of drug-likeness (QED) is 0.354. The maximum Gasteiger partial charge on any atom is 0.259 e. The first-order valence-corrected chi connectivity index (χ1v) is 10.8. The van der Waals surface area contributed by atoms with Crippen LogP contribution < -0.4 is 4.74 Å². The molecular formula is C21H32N2O5S. The Balaban J connectivity index is 1.74. The summed E-state index contributed by atoms with van der Waals surface area (Å²) in [4.78, 5) is 19.1. The molecule has 2 aliphatic rings. The molecule has 1 aromatic heterocycles. The molecule has 3 rings (SSSR count). The number of nitrogens with zero attached hydrogens (tertiary/aromatic N) is 2. The second-order valence-electron chi connectivity index (χ2n) is 7.99. The number of amides is 1. The van der Waals surface area contributed by atoms with Crippen LogP contribution in [0.25, 0.3) is 0 Å². The summed E-state index contributed by atoms with van der Waals surface area (Å²) in [7, 11) is 3.10. The third kappa shape index (κ3) is 4.87. The Kier molecular flexibility index (Phi) is 7.79. The van der Waals surface area contributed by atoms with Gasteiger partial charge in [-0.25, -0.2) is 0 Å². The average Bonchev–Trinajstić information content (AvgIpc) is 2.73. The van der Waals surface area contributed by atoms with Crippen LogP contribution in [0.4, 0.5) is 0 Å². The van der Waals surface area contributed by atoms with Crippen molar-refractivity contribution < 1.29 is 23.7 Å². The van der Waals surface area contributed by atoms with E-state index < -0.39 is 5.60 Å². The smallest absolute Gasteiger partial charge is 0.259 e. The lowest BCUT2D eigenvalue weighted by Crippen LogP contribution is -2.76. The van der Waals surface area contributed by atoms with Crippen LogP contribution in [0.2, 0.25) is 0 Å². The van der Waals surface area contributed by atoms with Gasteiger partial charge in [-0.1, -0.05) is 6.92 Å². The number of likely N-dealkylation sites (tertiary alicyclic amines) is 1. The zero-order chi connectivity index (χ0) is 20.9. The van der Waals surface area contributed by atoms with Crippen molar-refractivity contribution in [2.45, 2.75) is 56.8 Å². The highest BCUT2D eigenvalue weighted by molar-refractivity contribution is 7.80. The fourth-order valence-electron chi connectivity index (χ4n) is 4.25. The van der Waals surface area contributed by atoms with Gasteiger partial charge in [0.25, 0.3) is 5.91 Å². The van der Waals surface area contributed by atoms with Crippen molar-refractivity contribution >= 4 is 18.5 Å². The van der Waals surface area contributed by atoms with Gasteiger partial charge in [0.05, 0.1) is 12.1 Å². The summed E-state index contributed by atoms with van der Waals surface area (Å²) in [6.45, 7) is 2.52. The van der Waals surface area contributed by atoms with E-state index in [0.29, 0.717) is 12.2 Å². The SMILES string of the molecule is COCO[C@]1(Cc2cc(OC3CCC(C)CC3)ccn2)C(=O)N(COC)[C@H]1CS. The van der Waals surface area contributed by atoms with Crippen LogP contribution in [0.5, 0.6) is 5.75 Å². The number of thiol groups is 1. The molecule has 0 aromatic carbocycles. The third-order valence-electron chi connectivity index (χ3n) is 5.91. The predicted octanol–water partition coefficient (Wildman–Crippen LogP) is 2.69. The summed E-state index contributed by atoms with van der Waals surface area (Å²) in [5, 5.41) is 0. The number of methoxy groups -OCH3 is 2. The van der Waals surface area contributed by atoms with E-state index in [4.69, 9.17) is 18.9 Å². The van der Waals surface area contributed by atoms with Gasteiger partial charge >= 0.3 is 0 Å². The molecule has 7 nitrogen and oxygen atoms in total. The average molecular weight is 425 g/mol.